The Morgan fingerprint density at radius 1 is 1.41 bits per heavy atom. The van der Waals surface area contributed by atoms with E-state index in [4.69, 9.17) is 4.74 Å². The molecule has 0 spiro atoms. The van der Waals surface area contributed by atoms with Gasteiger partial charge in [0.15, 0.2) is 0 Å². The lowest BCUT2D eigenvalue weighted by molar-refractivity contribution is 0.0953. The number of carbonyl (C=O) groups is 1. The van der Waals surface area contributed by atoms with Crippen LogP contribution in [0.15, 0.2) is 35.8 Å². The first kappa shape index (κ1) is 15.4. The van der Waals surface area contributed by atoms with Gasteiger partial charge >= 0.3 is 0 Å². The highest BCUT2D eigenvalue weighted by Crippen LogP contribution is 2.21. The van der Waals surface area contributed by atoms with Crippen LogP contribution >= 0.6 is 23.1 Å². The molecule has 6 heteroatoms. The van der Waals surface area contributed by atoms with Crippen LogP contribution in [-0.2, 0) is 6.42 Å². The predicted molar refractivity (Wildman–Crippen MR) is 91.0 cm³/mol. The average molecular weight is 334 g/mol. The number of nitrogens with zero attached hydrogens (tertiary/aromatic N) is 1. The minimum Gasteiger partial charge on any atom is -0.473 e. The van der Waals surface area contributed by atoms with Crippen molar-refractivity contribution in [1.82, 2.24) is 10.3 Å². The third-order valence-electron chi connectivity index (χ3n) is 3.41. The van der Waals surface area contributed by atoms with Gasteiger partial charge in [0.25, 0.3) is 5.91 Å². The van der Waals surface area contributed by atoms with Crippen molar-refractivity contribution in [1.29, 1.82) is 0 Å². The molecule has 3 rings (SSSR count). The number of nitrogens with one attached hydrogen (secondary N) is 1. The Hall–Kier alpha value is -1.53. The van der Waals surface area contributed by atoms with Crippen LogP contribution in [0.4, 0.5) is 0 Å². The van der Waals surface area contributed by atoms with Crippen LogP contribution in [0.1, 0.15) is 21.7 Å². The van der Waals surface area contributed by atoms with E-state index in [9.17, 15) is 4.79 Å². The molecule has 0 aromatic carbocycles. The Morgan fingerprint density at radius 2 is 2.36 bits per heavy atom. The molecular formula is C16H18N2O2S2. The Balaban J connectivity index is 1.47. The number of thiophene rings is 1. The van der Waals surface area contributed by atoms with Gasteiger partial charge in [-0.05, 0) is 36.1 Å². The van der Waals surface area contributed by atoms with E-state index in [-0.39, 0.29) is 12.0 Å². The van der Waals surface area contributed by atoms with E-state index in [1.807, 2.05) is 23.2 Å². The zero-order chi connectivity index (χ0) is 15.2. The quantitative estimate of drug-likeness (QED) is 0.882. The van der Waals surface area contributed by atoms with E-state index in [0.717, 1.165) is 24.3 Å². The lowest BCUT2D eigenvalue weighted by atomic mass is 10.2. The summed E-state index contributed by atoms with van der Waals surface area (Å²) in [6.07, 6.45) is 3.76. The Bertz CT molecular complexity index is 593. The number of aromatic nitrogens is 1. The minimum absolute atomic E-state index is 0.0907. The molecule has 1 aliphatic heterocycles. The maximum atomic E-state index is 12.0. The zero-order valence-corrected chi connectivity index (χ0v) is 13.8. The van der Waals surface area contributed by atoms with Crippen molar-refractivity contribution in [3.05, 3.63) is 46.3 Å². The van der Waals surface area contributed by atoms with Crippen LogP contribution in [-0.4, -0.2) is 35.0 Å². The number of carbonyl (C=O) groups excluding carboxylic acids is 1. The number of hydrogen-bond donors (Lipinski definition) is 1. The van der Waals surface area contributed by atoms with Gasteiger partial charge in [-0.2, -0.15) is 11.8 Å². The lowest BCUT2D eigenvalue weighted by Gasteiger charge is -2.11. The summed E-state index contributed by atoms with van der Waals surface area (Å²) in [6, 6.07) is 7.64. The highest BCUT2D eigenvalue weighted by molar-refractivity contribution is 7.99. The van der Waals surface area contributed by atoms with Gasteiger partial charge in [-0.25, -0.2) is 4.98 Å². The van der Waals surface area contributed by atoms with Gasteiger partial charge < -0.3 is 10.1 Å². The van der Waals surface area contributed by atoms with Crippen LogP contribution in [0.5, 0.6) is 5.88 Å². The highest BCUT2D eigenvalue weighted by Gasteiger charge is 2.17. The first-order valence-electron chi connectivity index (χ1n) is 7.32. The lowest BCUT2D eigenvalue weighted by Crippen LogP contribution is -2.25. The second-order valence-electron chi connectivity index (χ2n) is 5.07. The van der Waals surface area contributed by atoms with Crippen LogP contribution in [0.25, 0.3) is 0 Å². The van der Waals surface area contributed by atoms with E-state index in [2.05, 4.69) is 16.4 Å². The molecule has 1 fully saturated rings. The molecule has 0 aliphatic carbocycles. The standard InChI is InChI=1S/C16H18N2O2S2/c19-16(17-7-5-14-2-1-8-22-14)12-3-4-15(18-10-12)20-13-6-9-21-11-13/h1-4,8,10,13H,5-7,9,11H2,(H,17,19)/t13-/m1/s1. The largest absolute Gasteiger partial charge is 0.473 e. The molecule has 1 aliphatic rings. The molecule has 0 unspecified atom stereocenters. The van der Waals surface area contributed by atoms with Gasteiger partial charge in [-0.3, -0.25) is 4.79 Å². The van der Waals surface area contributed by atoms with Gasteiger partial charge in [0.2, 0.25) is 5.88 Å². The zero-order valence-electron chi connectivity index (χ0n) is 12.2. The number of pyridine rings is 1. The summed E-state index contributed by atoms with van der Waals surface area (Å²) in [5.74, 6) is 2.68. The summed E-state index contributed by atoms with van der Waals surface area (Å²) in [5, 5.41) is 4.96. The third kappa shape index (κ3) is 4.24. The minimum atomic E-state index is -0.0907. The van der Waals surface area contributed by atoms with Gasteiger partial charge in [0, 0.05) is 29.4 Å². The first-order valence-corrected chi connectivity index (χ1v) is 9.36. The summed E-state index contributed by atoms with van der Waals surface area (Å²) < 4.78 is 5.78. The summed E-state index contributed by atoms with van der Waals surface area (Å²) in [4.78, 5) is 17.5. The molecule has 3 heterocycles. The second kappa shape index (κ2) is 7.65. The first-order chi connectivity index (χ1) is 10.8. The van der Waals surface area contributed by atoms with Crippen molar-refractivity contribution in [3.63, 3.8) is 0 Å². The number of rotatable bonds is 6. The van der Waals surface area contributed by atoms with Crippen molar-refractivity contribution in [3.8, 4) is 5.88 Å². The molecule has 2 aromatic heterocycles. The number of hydrogen-bond acceptors (Lipinski definition) is 5. The fraction of sp³-hybridized carbons (Fsp3) is 0.375. The molecule has 1 N–H and O–H groups in total. The fourth-order valence-corrected chi connectivity index (χ4v) is 4.02. The second-order valence-corrected chi connectivity index (χ2v) is 7.26. The SMILES string of the molecule is O=C(NCCc1cccs1)c1ccc(O[C@@H]2CCSC2)nc1. The van der Waals surface area contributed by atoms with E-state index < -0.39 is 0 Å². The average Bonchev–Trinajstić information content (AvgIpc) is 3.21. The number of ether oxygens (including phenoxy) is 1. The number of thioether (sulfide) groups is 1. The topological polar surface area (TPSA) is 51.2 Å². The van der Waals surface area contributed by atoms with Gasteiger partial charge in [-0.1, -0.05) is 6.07 Å². The highest BCUT2D eigenvalue weighted by atomic mass is 32.2. The maximum Gasteiger partial charge on any atom is 0.252 e. The maximum absolute atomic E-state index is 12.0. The van der Waals surface area contributed by atoms with Crippen molar-refractivity contribution in [2.75, 3.05) is 18.1 Å². The Kier molecular flexibility index (Phi) is 5.34. The molecule has 0 radical (unpaired) electrons. The van der Waals surface area contributed by atoms with E-state index in [1.54, 1.807) is 29.7 Å². The summed E-state index contributed by atoms with van der Waals surface area (Å²) >= 11 is 3.61. The molecule has 1 amide bonds. The Labute approximate surface area is 138 Å². The van der Waals surface area contributed by atoms with Crippen molar-refractivity contribution >= 4 is 29.0 Å². The van der Waals surface area contributed by atoms with E-state index in [1.165, 1.54) is 4.88 Å². The van der Waals surface area contributed by atoms with Gasteiger partial charge in [0.05, 0.1) is 5.56 Å². The fourth-order valence-electron chi connectivity index (χ4n) is 2.22. The molecule has 1 atom stereocenters. The van der Waals surface area contributed by atoms with Gasteiger partial charge in [0.1, 0.15) is 6.10 Å². The van der Waals surface area contributed by atoms with Crippen molar-refractivity contribution in [2.24, 2.45) is 0 Å². The molecule has 2 aromatic rings. The third-order valence-corrected chi connectivity index (χ3v) is 5.48. The van der Waals surface area contributed by atoms with Crippen LogP contribution in [0.2, 0.25) is 0 Å². The van der Waals surface area contributed by atoms with Crippen LogP contribution in [0, 0.1) is 0 Å². The predicted octanol–water partition coefficient (Wildman–Crippen LogP) is 3.00. The van der Waals surface area contributed by atoms with Crippen molar-refractivity contribution in [2.45, 2.75) is 18.9 Å². The van der Waals surface area contributed by atoms with E-state index in [0.29, 0.717) is 18.0 Å². The van der Waals surface area contributed by atoms with Crippen LogP contribution in [0.3, 0.4) is 0 Å². The monoisotopic (exact) mass is 334 g/mol. The van der Waals surface area contributed by atoms with E-state index >= 15 is 0 Å². The van der Waals surface area contributed by atoms with Crippen molar-refractivity contribution < 1.29 is 9.53 Å². The molecule has 22 heavy (non-hydrogen) atoms. The van der Waals surface area contributed by atoms with Gasteiger partial charge in [-0.15, -0.1) is 11.3 Å². The Morgan fingerprint density at radius 3 is 3.05 bits per heavy atom. The molecule has 116 valence electrons. The molecular weight excluding hydrogens is 316 g/mol. The molecule has 4 nitrogen and oxygen atoms in total. The van der Waals surface area contributed by atoms with Crippen LogP contribution < -0.4 is 10.1 Å². The summed E-state index contributed by atoms with van der Waals surface area (Å²) in [7, 11) is 0. The molecule has 0 saturated carbocycles. The molecule has 0 bridgehead atoms. The smallest absolute Gasteiger partial charge is 0.252 e. The summed E-state index contributed by atoms with van der Waals surface area (Å²) in [5.41, 5.74) is 0.569. The summed E-state index contributed by atoms with van der Waals surface area (Å²) in [6.45, 7) is 0.636. The normalized spacial score (nSPS) is 17.4. The molecule has 1 saturated heterocycles. The number of amides is 1.